The number of ether oxygens (including phenoxy) is 2. The molecule has 3 aromatic rings. The first-order valence-corrected chi connectivity index (χ1v) is 13.1. The van der Waals surface area contributed by atoms with Crippen LogP contribution in [0.25, 0.3) is 6.08 Å². The normalized spacial score (nSPS) is 11.5. The van der Waals surface area contributed by atoms with Gasteiger partial charge < -0.3 is 9.47 Å². The predicted molar refractivity (Wildman–Crippen MR) is 134 cm³/mol. The van der Waals surface area contributed by atoms with E-state index in [1.165, 1.54) is 32.2 Å². The summed E-state index contributed by atoms with van der Waals surface area (Å²) in [4.78, 5) is 25.1. The SMILES string of the molecule is CCS(=O)(=O)c1nnc(NC(=O)C(C#N)=Cc2cc(Cl)c(OC(=O)c3ccc(C)cc3)c(OC)c2)s1. The third-order valence-electron chi connectivity index (χ3n) is 4.68. The number of benzene rings is 2. The quantitative estimate of drug-likeness (QED) is 0.145. The molecule has 2 aromatic carbocycles. The van der Waals surface area contributed by atoms with Gasteiger partial charge in [0.25, 0.3) is 5.91 Å². The number of nitriles is 1. The van der Waals surface area contributed by atoms with Crippen LogP contribution >= 0.6 is 22.9 Å². The molecule has 0 radical (unpaired) electrons. The maximum atomic E-state index is 12.6. The van der Waals surface area contributed by atoms with Crippen LogP contribution in [0.3, 0.4) is 0 Å². The van der Waals surface area contributed by atoms with Gasteiger partial charge in [0, 0.05) is 0 Å². The van der Waals surface area contributed by atoms with Gasteiger partial charge in [0.05, 0.1) is 23.4 Å². The Hall–Kier alpha value is -3.79. The maximum absolute atomic E-state index is 12.6. The molecule has 1 aromatic heterocycles. The Labute approximate surface area is 216 Å². The van der Waals surface area contributed by atoms with Crippen LogP contribution < -0.4 is 14.8 Å². The molecule has 0 bridgehead atoms. The summed E-state index contributed by atoms with van der Waals surface area (Å²) in [6, 6.07) is 11.4. The van der Waals surface area contributed by atoms with Gasteiger partial charge in [0.15, 0.2) is 11.5 Å². The fourth-order valence-corrected chi connectivity index (χ4v) is 4.99. The zero-order valence-electron chi connectivity index (χ0n) is 19.2. The van der Waals surface area contributed by atoms with Crippen LogP contribution in [-0.2, 0) is 14.6 Å². The topological polar surface area (TPSA) is 148 Å². The fourth-order valence-electron chi connectivity index (χ4n) is 2.75. The van der Waals surface area contributed by atoms with Crippen molar-refractivity contribution < 1.29 is 27.5 Å². The van der Waals surface area contributed by atoms with Crippen LogP contribution in [0.5, 0.6) is 11.5 Å². The van der Waals surface area contributed by atoms with E-state index in [0.717, 1.165) is 5.56 Å². The van der Waals surface area contributed by atoms with Crippen molar-refractivity contribution in [3.05, 3.63) is 63.7 Å². The van der Waals surface area contributed by atoms with Crippen LogP contribution in [0.15, 0.2) is 46.3 Å². The van der Waals surface area contributed by atoms with Crippen molar-refractivity contribution in [1.29, 1.82) is 5.26 Å². The smallest absolute Gasteiger partial charge is 0.343 e. The van der Waals surface area contributed by atoms with Gasteiger partial charge in [-0.2, -0.15) is 5.26 Å². The molecule has 0 aliphatic rings. The van der Waals surface area contributed by atoms with Gasteiger partial charge in [0.2, 0.25) is 19.3 Å². The summed E-state index contributed by atoms with van der Waals surface area (Å²) in [7, 11) is -2.24. The van der Waals surface area contributed by atoms with Gasteiger partial charge in [-0.3, -0.25) is 10.1 Å². The van der Waals surface area contributed by atoms with Crippen LogP contribution in [0.4, 0.5) is 5.13 Å². The standard InChI is InChI=1S/C23H19ClN4O6S2/c1-4-36(31,32)23-28-27-22(35-23)26-20(29)16(12-25)9-14-10-17(24)19(18(11-14)33-3)34-21(30)15-7-5-13(2)6-8-15/h5-11H,4H2,1-3H3,(H,26,27,29). The van der Waals surface area contributed by atoms with Gasteiger partial charge >= 0.3 is 5.97 Å². The van der Waals surface area contributed by atoms with Crippen molar-refractivity contribution in [2.45, 2.75) is 18.2 Å². The summed E-state index contributed by atoms with van der Waals surface area (Å²) < 4.78 is 34.2. The van der Waals surface area contributed by atoms with E-state index < -0.39 is 21.7 Å². The molecule has 10 nitrogen and oxygen atoms in total. The number of nitrogens with zero attached hydrogens (tertiary/aromatic N) is 3. The maximum Gasteiger partial charge on any atom is 0.343 e. The second kappa shape index (κ2) is 11.3. The van der Waals surface area contributed by atoms with Gasteiger partial charge in [-0.1, -0.05) is 47.6 Å². The molecule has 0 aliphatic carbocycles. The number of anilines is 1. The lowest BCUT2D eigenvalue weighted by Gasteiger charge is -2.12. The summed E-state index contributed by atoms with van der Waals surface area (Å²) in [5.74, 6) is -1.57. The van der Waals surface area contributed by atoms with Gasteiger partial charge in [-0.05, 0) is 42.8 Å². The van der Waals surface area contributed by atoms with E-state index in [-0.39, 0.29) is 37.3 Å². The number of sulfone groups is 1. The number of aryl methyl sites for hydroxylation is 1. The van der Waals surface area contributed by atoms with Crippen molar-refractivity contribution >= 4 is 55.9 Å². The van der Waals surface area contributed by atoms with Crippen molar-refractivity contribution in [3.8, 4) is 17.6 Å². The highest BCUT2D eigenvalue weighted by molar-refractivity contribution is 7.93. The van der Waals surface area contributed by atoms with E-state index in [1.807, 2.05) is 6.92 Å². The van der Waals surface area contributed by atoms with E-state index in [1.54, 1.807) is 30.3 Å². The third kappa shape index (κ3) is 6.25. The predicted octanol–water partition coefficient (Wildman–Crippen LogP) is 4.07. The average molecular weight is 547 g/mol. The summed E-state index contributed by atoms with van der Waals surface area (Å²) in [6.45, 7) is 3.35. The number of aromatic nitrogens is 2. The summed E-state index contributed by atoms with van der Waals surface area (Å²) >= 11 is 7.00. The highest BCUT2D eigenvalue weighted by Gasteiger charge is 2.21. The highest BCUT2D eigenvalue weighted by atomic mass is 35.5. The Morgan fingerprint density at radius 1 is 1.22 bits per heavy atom. The van der Waals surface area contributed by atoms with Crippen molar-refractivity contribution in [2.75, 3.05) is 18.2 Å². The number of rotatable bonds is 8. The Balaban J connectivity index is 1.84. The fraction of sp³-hybridized carbons (Fsp3) is 0.174. The van der Waals surface area contributed by atoms with Crippen LogP contribution in [0.1, 0.15) is 28.4 Å². The molecule has 13 heteroatoms. The number of hydrogen-bond donors (Lipinski definition) is 1. The minimum Gasteiger partial charge on any atom is -0.493 e. The Bertz CT molecular complexity index is 1490. The number of nitrogens with one attached hydrogen (secondary N) is 1. The lowest BCUT2D eigenvalue weighted by Crippen LogP contribution is -2.13. The van der Waals surface area contributed by atoms with Gasteiger partial charge in [0.1, 0.15) is 11.6 Å². The lowest BCUT2D eigenvalue weighted by molar-refractivity contribution is -0.112. The van der Waals surface area contributed by atoms with E-state index in [0.29, 0.717) is 22.5 Å². The molecule has 1 heterocycles. The first-order valence-electron chi connectivity index (χ1n) is 10.2. The van der Waals surface area contributed by atoms with Crippen LogP contribution in [0, 0.1) is 18.3 Å². The van der Waals surface area contributed by atoms with E-state index in [9.17, 15) is 23.3 Å². The Morgan fingerprint density at radius 3 is 2.53 bits per heavy atom. The Kier molecular flexibility index (Phi) is 8.41. The molecule has 186 valence electrons. The molecule has 1 N–H and O–H groups in total. The molecular weight excluding hydrogens is 528 g/mol. The molecule has 0 unspecified atom stereocenters. The van der Waals surface area contributed by atoms with Gasteiger partial charge in [-0.25, -0.2) is 13.2 Å². The molecule has 1 amide bonds. The minimum absolute atomic E-state index is 0.0114. The number of hydrogen-bond acceptors (Lipinski definition) is 10. The zero-order chi connectivity index (χ0) is 26.5. The highest BCUT2D eigenvalue weighted by Crippen LogP contribution is 2.37. The van der Waals surface area contributed by atoms with Crippen LogP contribution in [0.2, 0.25) is 5.02 Å². The number of methoxy groups -OCH3 is 1. The number of carbonyl (C=O) groups excluding carboxylic acids is 2. The number of carbonyl (C=O) groups is 2. The minimum atomic E-state index is -3.58. The third-order valence-corrected chi connectivity index (χ3v) is 7.98. The molecular formula is C23H19ClN4O6S2. The first kappa shape index (κ1) is 26.8. The largest absolute Gasteiger partial charge is 0.493 e. The van der Waals surface area contributed by atoms with Gasteiger partial charge in [-0.15, -0.1) is 10.2 Å². The second-order valence-electron chi connectivity index (χ2n) is 7.19. The zero-order valence-corrected chi connectivity index (χ0v) is 21.6. The number of esters is 1. The summed E-state index contributed by atoms with van der Waals surface area (Å²) in [6.07, 6.45) is 1.24. The number of amides is 1. The summed E-state index contributed by atoms with van der Waals surface area (Å²) in [5.41, 5.74) is 1.28. The van der Waals surface area contributed by atoms with E-state index >= 15 is 0 Å². The molecule has 3 rings (SSSR count). The molecule has 36 heavy (non-hydrogen) atoms. The monoisotopic (exact) mass is 546 g/mol. The van der Waals surface area contributed by atoms with E-state index in [4.69, 9.17) is 21.1 Å². The number of halogens is 1. The Morgan fingerprint density at radius 2 is 1.92 bits per heavy atom. The molecule has 0 fully saturated rings. The second-order valence-corrected chi connectivity index (χ2v) is 11.0. The van der Waals surface area contributed by atoms with Crippen LogP contribution in [-0.4, -0.2) is 43.4 Å². The van der Waals surface area contributed by atoms with Crippen molar-refractivity contribution in [2.24, 2.45) is 0 Å². The molecule has 0 saturated heterocycles. The van der Waals surface area contributed by atoms with Crippen molar-refractivity contribution in [1.82, 2.24) is 10.2 Å². The first-order chi connectivity index (χ1) is 17.1. The average Bonchev–Trinajstić information content (AvgIpc) is 3.33. The molecule has 0 saturated carbocycles. The van der Waals surface area contributed by atoms with Crippen molar-refractivity contribution in [3.63, 3.8) is 0 Å². The molecule has 0 atom stereocenters. The molecule has 0 spiro atoms. The van der Waals surface area contributed by atoms with E-state index in [2.05, 4.69) is 15.5 Å². The molecule has 0 aliphatic heterocycles. The summed E-state index contributed by atoms with van der Waals surface area (Å²) in [5, 5.41) is 19.0. The lowest BCUT2D eigenvalue weighted by atomic mass is 10.1.